The Hall–Kier alpha value is -2.63. The fourth-order valence-electron chi connectivity index (χ4n) is 3.04. The van der Waals surface area contributed by atoms with Crippen LogP contribution in [0.15, 0.2) is 81.9 Å². The molecule has 5 heteroatoms. The number of ether oxygens (including phenoxy) is 1. The molecule has 0 aliphatic heterocycles. The average molecular weight is 410 g/mol. The Kier molecular flexibility index (Phi) is 4.26. The molecule has 1 atom stereocenters. The number of pyridine rings is 1. The van der Waals surface area contributed by atoms with E-state index in [0.29, 0.717) is 28.2 Å². The molecule has 0 amide bonds. The Morgan fingerprint density at radius 3 is 2.54 bits per heavy atom. The number of hydrogen-bond donors (Lipinski definition) is 1. The SMILES string of the molecule is COc1ccc2cc(C(O)(c3ccc(Br)cc3)c3cccnc3)oc2c1. The van der Waals surface area contributed by atoms with E-state index < -0.39 is 5.60 Å². The molecule has 0 aliphatic rings. The molecular formula is C21H16BrNO3. The summed E-state index contributed by atoms with van der Waals surface area (Å²) in [5.74, 6) is 1.13. The number of halogens is 1. The van der Waals surface area contributed by atoms with Gasteiger partial charge in [0.1, 0.15) is 17.1 Å². The van der Waals surface area contributed by atoms with Gasteiger partial charge >= 0.3 is 0 Å². The van der Waals surface area contributed by atoms with E-state index >= 15 is 0 Å². The molecule has 1 unspecified atom stereocenters. The van der Waals surface area contributed by atoms with Gasteiger partial charge in [-0.2, -0.15) is 0 Å². The highest BCUT2D eigenvalue weighted by Gasteiger charge is 2.37. The molecule has 4 nitrogen and oxygen atoms in total. The van der Waals surface area contributed by atoms with E-state index in [1.165, 1.54) is 0 Å². The summed E-state index contributed by atoms with van der Waals surface area (Å²) in [4.78, 5) is 4.17. The minimum Gasteiger partial charge on any atom is -0.497 e. The van der Waals surface area contributed by atoms with E-state index in [4.69, 9.17) is 9.15 Å². The molecule has 26 heavy (non-hydrogen) atoms. The molecule has 2 aromatic heterocycles. The van der Waals surface area contributed by atoms with Crippen molar-refractivity contribution in [1.82, 2.24) is 4.98 Å². The van der Waals surface area contributed by atoms with E-state index in [1.54, 1.807) is 25.6 Å². The monoisotopic (exact) mass is 409 g/mol. The van der Waals surface area contributed by atoms with Gasteiger partial charge in [-0.3, -0.25) is 4.98 Å². The fraction of sp³-hybridized carbons (Fsp3) is 0.0952. The molecule has 0 saturated carbocycles. The summed E-state index contributed by atoms with van der Waals surface area (Å²) in [6.07, 6.45) is 3.32. The first kappa shape index (κ1) is 16.8. The third kappa shape index (κ3) is 2.79. The van der Waals surface area contributed by atoms with Gasteiger partial charge in [0.15, 0.2) is 5.60 Å². The maximum Gasteiger partial charge on any atom is 0.174 e. The van der Waals surface area contributed by atoms with Crippen LogP contribution in [-0.4, -0.2) is 17.2 Å². The highest BCUT2D eigenvalue weighted by molar-refractivity contribution is 9.10. The van der Waals surface area contributed by atoms with Gasteiger partial charge in [0.25, 0.3) is 0 Å². The molecule has 0 radical (unpaired) electrons. The quantitative estimate of drug-likeness (QED) is 0.521. The molecule has 4 rings (SSSR count). The molecule has 4 aromatic rings. The summed E-state index contributed by atoms with van der Waals surface area (Å²) in [6.45, 7) is 0. The number of nitrogens with zero attached hydrogens (tertiary/aromatic N) is 1. The predicted octanol–water partition coefficient (Wildman–Crippen LogP) is 4.88. The molecular weight excluding hydrogens is 394 g/mol. The molecule has 0 saturated heterocycles. The van der Waals surface area contributed by atoms with Crippen LogP contribution in [0.1, 0.15) is 16.9 Å². The molecule has 0 bridgehead atoms. The van der Waals surface area contributed by atoms with Crippen molar-refractivity contribution in [2.45, 2.75) is 5.60 Å². The van der Waals surface area contributed by atoms with Gasteiger partial charge in [-0.05, 0) is 42.0 Å². The number of methoxy groups -OCH3 is 1. The highest BCUT2D eigenvalue weighted by atomic mass is 79.9. The third-order valence-electron chi connectivity index (χ3n) is 4.43. The second-order valence-corrected chi connectivity index (χ2v) is 6.89. The largest absolute Gasteiger partial charge is 0.497 e. The first-order valence-corrected chi connectivity index (χ1v) is 8.87. The first-order valence-electron chi connectivity index (χ1n) is 8.08. The average Bonchev–Trinajstić information content (AvgIpc) is 3.12. The number of hydrogen-bond acceptors (Lipinski definition) is 4. The summed E-state index contributed by atoms with van der Waals surface area (Å²) in [6, 6.07) is 18.6. The van der Waals surface area contributed by atoms with E-state index in [-0.39, 0.29) is 0 Å². The van der Waals surface area contributed by atoms with Crippen molar-refractivity contribution in [3.63, 3.8) is 0 Å². The lowest BCUT2D eigenvalue weighted by Crippen LogP contribution is -2.28. The van der Waals surface area contributed by atoms with Gasteiger partial charge < -0.3 is 14.3 Å². The number of aromatic nitrogens is 1. The first-order chi connectivity index (χ1) is 12.6. The van der Waals surface area contributed by atoms with Crippen LogP contribution in [0.3, 0.4) is 0 Å². The van der Waals surface area contributed by atoms with Crippen molar-refractivity contribution in [3.05, 3.63) is 94.4 Å². The zero-order chi connectivity index (χ0) is 18.1. The zero-order valence-corrected chi connectivity index (χ0v) is 15.6. The number of furan rings is 1. The van der Waals surface area contributed by atoms with E-state index in [1.807, 2.05) is 54.6 Å². The molecule has 0 spiro atoms. The van der Waals surface area contributed by atoms with Crippen LogP contribution in [0.4, 0.5) is 0 Å². The fourth-order valence-corrected chi connectivity index (χ4v) is 3.30. The molecule has 130 valence electrons. The number of rotatable bonds is 4. The van der Waals surface area contributed by atoms with Crippen molar-refractivity contribution in [1.29, 1.82) is 0 Å². The highest BCUT2D eigenvalue weighted by Crippen LogP contribution is 2.39. The third-order valence-corrected chi connectivity index (χ3v) is 4.95. The van der Waals surface area contributed by atoms with Gasteiger partial charge in [-0.1, -0.05) is 34.1 Å². The number of aliphatic hydroxyl groups is 1. The van der Waals surface area contributed by atoms with Gasteiger partial charge in [0.2, 0.25) is 0 Å². The Bertz CT molecular complexity index is 1040. The van der Waals surface area contributed by atoms with E-state index in [9.17, 15) is 5.11 Å². The van der Waals surface area contributed by atoms with Crippen molar-refractivity contribution >= 4 is 26.9 Å². The van der Waals surface area contributed by atoms with Gasteiger partial charge in [-0.15, -0.1) is 0 Å². The smallest absolute Gasteiger partial charge is 0.174 e. The molecule has 2 aromatic carbocycles. The second kappa shape index (κ2) is 6.59. The van der Waals surface area contributed by atoms with Crippen molar-refractivity contribution in [2.24, 2.45) is 0 Å². The predicted molar refractivity (Wildman–Crippen MR) is 103 cm³/mol. The lowest BCUT2D eigenvalue weighted by atomic mass is 9.85. The maximum atomic E-state index is 11.8. The van der Waals surface area contributed by atoms with Crippen LogP contribution < -0.4 is 4.74 Å². The Morgan fingerprint density at radius 2 is 1.85 bits per heavy atom. The topological polar surface area (TPSA) is 55.5 Å². The normalized spacial score (nSPS) is 13.5. The summed E-state index contributed by atoms with van der Waals surface area (Å²) in [7, 11) is 1.61. The van der Waals surface area contributed by atoms with Crippen LogP contribution in [-0.2, 0) is 5.60 Å². The van der Waals surface area contributed by atoms with Crippen LogP contribution in [0.25, 0.3) is 11.0 Å². The standard InChI is InChI=1S/C21H16BrNO3/c1-25-18-9-4-14-11-20(26-19(14)12-18)21(24,16-3-2-10-23-13-16)15-5-7-17(22)8-6-15/h2-13,24H,1H3. The van der Waals surface area contributed by atoms with E-state index in [2.05, 4.69) is 20.9 Å². The lowest BCUT2D eigenvalue weighted by Gasteiger charge is -2.27. The van der Waals surface area contributed by atoms with Crippen LogP contribution in [0.2, 0.25) is 0 Å². The minimum absolute atomic E-state index is 0.427. The maximum absolute atomic E-state index is 11.8. The zero-order valence-electron chi connectivity index (χ0n) is 14.0. The van der Waals surface area contributed by atoms with Crippen LogP contribution in [0.5, 0.6) is 5.75 Å². The van der Waals surface area contributed by atoms with E-state index in [0.717, 1.165) is 9.86 Å². The second-order valence-electron chi connectivity index (χ2n) is 5.97. The molecule has 2 heterocycles. The Labute approximate surface area is 159 Å². The summed E-state index contributed by atoms with van der Waals surface area (Å²) >= 11 is 3.44. The Morgan fingerprint density at radius 1 is 1.04 bits per heavy atom. The summed E-state index contributed by atoms with van der Waals surface area (Å²) < 4.78 is 12.2. The molecule has 0 fully saturated rings. The molecule has 1 N–H and O–H groups in total. The minimum atomic E-state index is -1.46. The van der Waals surface area contributed by atoms with Gasteiger partial charge in [0, 0.05) is 33.9 Å². The number of benzene rings is 2. The van der Waals surface area contributed by atoms with Crippen LogP contribution >= 0.6 is 15.9 Å². The van der Waals surface area contributed by atoms with Crippen molar-refractivity contribution in [3.8, 4) is 5.75 Å². The van der Waals surface area contributed by atoms with Gasteiger partial charge in [0.05, 0.1) is 7.11 Å². The summed E-state index contributed by atoms with van der Waals surface area (Å²) in [5.41, 5.74) is 0.521. The number of fused-ring (bicyclic) bond motifs is 1. The van der Waals surface area contributed by atoms with Crippen molar-refractivity contribution < 1.29 is 14.3 Å². The Balaban J connectivity index is 1.95. The van der Waals surface area contributed by atoms with Gasteiger partial charge in [-0.25, -0.2) is 0 Å². The molecule has 0 aliphatic carbocycles. The van der Waals surface area contributed by atoms with Crippen LogP contribution in [0, 0.1) is 0 Å². The summed E-state index contributed by atoms with van der Waals surface area (Å²) in [5, 5.41) is 12.7. The van der Waals surface area contributed by atoms with Crippen molar-refractivity contribution in [2.75, 3.05) is 7.11 Å². The lowest BCUT2D eigenvalue weighted by molar-refractivity contribution is 0.101.